The van der Waals surface area contributed by atoms with Crippen molar-refractivity contribution in [2.24, 2.45) is 0 Å². The van der Waals surface area contributed by atoms with Gasteiger partial charge in [0.2, 0.25) is 5.91 Å². The third kappa shape index (κ3) is 16.5. The third-order valence-corrected chi connectivity index (χ3v) is 15.9. The topological polar surface area (TPSA) is 218 Å². The number of halogens is 7. The van der Waals surface area contributed by atoms with E-state index in [0.29, 0.717) is 76.7 Å². The minimum absolute atomic E-state index is 0. The summed E-state index contributed by atoms with van der Waals surface area (Å²) in [6.07, 6.45) is 6.45. The highest BCUT2D eigenvalue weighted by atomic mass is 35.5. The molecule has 0 unspecified atom stereocenters. The van der Waals surface area contributed by atoms with Crippen LogP contribution in [0.5, 0.6) is 23.5 Å². The maximum Gasteiger partial charge on any atom is 0.323 e. The molecule has 480 valence electrons. The van der Waals surface area contributed by atoms with Crippen molar-refractivity contribution in [2.45, 2.75) is 84.5 Å². The summed E-state index contributed by atoms with van der Waals surface area (Å²) >= 11 is 12.4. The van der Waals surface area contributed by atoms with Crippen molar-refractivity contribution in [3.05, 3.63) is 215 Å². The number of carbonyl (C=O) groups is 6. The average molecular weight is 1330 g/mol. The molecule has 10 aromatic rings. The molecule has 2 aliphatic heterocycles. The molecule has 1 amide bonds. The zero-order chi connectivity index (χ0) is 64.5. The Labute approximate surface area is 547 Å². The van der Waals surface area contributed by atoms with Crippen molar-refractivity contribution >= 4 is 92.4 Å². The minimum Gasteiger partial charge on any atom is -0.480 e. The second-order valence-electron chi connectivity index (χ2n) is 21.5. The number of carboxylic acid groups (broad SMARTS) is 1. The summed E-state index contributed by atoms with van der Waals surface area (Å²) in [5, 5.41) is 14.0. The quantitative estimate of drug-likeness (QED) is 0.0603. The molecule has 0 spiro atoms. The Kier molecular flexibility index (Phi) is 23.1. The molecule has 2 saturated heterocycles. The first kappa shape index (κ1) is 69.2. The van der Waals surface area contributed by atoms with E-state index in [-0.39, 0.29) is 112 Å². The van der Waals surface area contributed by atoms with Gasteiger partial charge in [0.25, 0.3) is 0 Å². The van der Waals surface area contributed by atoms with E-state index in [4.69, 9.17) is 37.8 Å². The highest BCUT2D eigenvalue weighted by Crippen LogP contribution is 2.35. The number of aromatic nitrogens is 6. The molecule has 0 aliphatic carbocycles. The van der Waals surface area contributed by atoms with E-state index in [1.165, 1.54) is 41.8 Å². The molecular weight excluding hydrogens is 1270 g/mol. The van der Waals surface area contributed by atoms with E-state index >= 15 is 4.39 Å². The van der Waals surface area contributed by atoms with Crippen molar-refractivity contribution in [2.75, 3.05) is 13.1 Å². The molecule has 0 saturated carbocycles. The molecule has 2 fully saturated rings. The Balaban J connectivity index is 0.000000195. The first-order valence-corrected chi connectivity index (χ1v) is 29.4. The fourth-order valence-corrected chi connectivity index (χ4v) is 11.4. The van der Waals surface area contributed by atoms with Gasteiger partial charge in [-0.05, 0) is 73.5 Å². The molecule has 24 heteroatoms. The maximum atomic E-state index is 15.6. The van der Waals surface area contributed by atoms with Crippen LogP contribution < -0.4 is 14.8 Å². The predicted octanol–water partition coefficient (Wildman–Crippen LogP) is 14.2. The second-order valence-corrected chi connectivity index (χ2v) is 22.3. The Bertz CT molecular complexity index is 4390. The van der Waals surface area contributed by atoms with E-state index in [1.54, 1.807) is 157 Å². The number of ketones is 4. The van der Waals surface area contributed by atoms with Gasteiger partial charge in [-0.15, -0.1) is 12.4 Å². The number of fused-ring (bicyclic) bond motifs is 2. The lowest BCUT2D eigenvalue weighted by molar-refractivity contribution is -0.138. The summed E-state index contributed by atoms with van der Waals surface area (Å²) in [4.78, 5) is 91.7. The summed E-state index contributed by atoms with van der Waals surface area (Å²) in [7, 11) is 0. The van der Waals surface area contributed by atoms with Crippen LogP contribution in [0.2, 0.25) is 10.0 Å². The van der Waals surface area contributed by atoms with Crippen LogP contribution >= 0.6 is 35.6 Å². The van der Waals surface area contributed by atoms with Gasteiger partial charge >= 0.3 is 18.0 Å². The number of benzene rings is 6. The van der Waals surface area contributed by atoms with Crippen LogP contribution in [0, 0.1) is 11.6 Å². The number of alkyl halides is 2. The van der Waals surface area contributed by atoms with Crippen molar-refractivity contribution in [3.63, 3.8) is 0 Å². The fraction of sp³-hybridized carbons (Fsp3) is 0.217. The lowest BCUT2D eigenvalue weighted by Crippen LogP contribution is -2.42. The Morgan fingerprint density at radius 2 is 1.03 bits per heavy atom. The Morgan fingerprint density at radius 3 is 1.47 bits per heavy atom. The van der Waals surface area contributed by atoms with Gasteiger partial charge in [0.1, 0.15) is 48.6 Å². The van der Waals surface area contributed by atoms with Crippen molar-refractivity contribution in [1.82, 2.24) is 39.3 Å². The molecule has 17 nitrogen and oxygen atoms in total. The van der Waals surface area contributed by atoms with E-state index < -0.39 is 53.7 Å². The number of nitrogens with one attached hydrogen (secondary N) is 1. The number of hydrogen-bond acceptors (Lipinski definition) is 13. The molecule has 0 radical (unpaired) electrons. The number of aliphatic carboxylic acids is 1. The smallest absolute Gasteiger partial charge is 0.323 e. The summed E-state index contributed by atoms with van der Waals surface area (Å²) in [6, 6.07) is 35.6. The van der Waals surface area contributed by atoms with Crippen LogP contribution in [0.3, 0.4) is 0 Å². The van der Waals surface area contributed by atoms with Crippen LogP contribution in [0.15, 0.2) is 171 Å². The summed E-state index contributed by atoms with van der Waals surface area (Å²) in [6.45, 7) is 2.28. The number of likely N-dealkylation sites (tertiary alicyclic amines) is 1. The number of nitrogens with zero attached hydrogens (tertiary/aromatic N) is 7. The number of rotatable bonds is 18. The van der Waals surface area contributed by atoms with Crippen LogP contribution in [0.4, 0.5) is 17.6 Å². The number of Topliss-reactive ketones (excluding diaryl/α,β-unsaturated/α-hetero) is 4. The first-order chi connectivity index (χ1) is 43.8. The lowest BCUT2D eigenvalue weighted by Gasteiger charge is -2.24. The van der Waals surface area contributed by atoms with E-state index in [9.17, 15) is 41.9 Å². The Morgan fingerprint density at radius 1 is 0.581 bits per heavy atom. The van der Waals surface area contributed by atoms with Crippen molar-refractivity contribution in [1.29, 1.82) is 0 Å². The van der Waals surface area contributed by atoms with Gasteiger partial charge in [-0.3, -0.25) is 28.8 Å². The molecule has 2 aliphatic rings. The highest BCUT2D eigenvalue weighted by molar-refractivity contribution is 6.33. The van der Waals surface area contributed by atoms with E-state index in [2.05, 4.69) is 25.3 Å². The van der Waals surface area contributed by atoms with Gasteiger partial charge in [-0.1, -0.05) is 103 Å². The SMILES string of the molecule is C.CC(=O)c1cn(CC(=O)N2C[C@H](F)C[C@H]2C(=O)Cc2cccc(-c3ccccc3Cl)c2F)c2cc(Oc3ncccn3)ccc12.CC(=O)c1cn(CC(=O)O)c2cc(Oc3ncccn3)ccc12.Cl.O=C(Cc1cccc(-c2ccccc2Cl)c1F)[C@@H]1C[C@@H](F)CN1. The molecule has 6 aromatic carbocycles. The predicted molar refractivity (Wildman–Crippen MR) is 347 cm³/mol. The molecule has 93 heavy (non-hydrogen) atoms. The van der Waals surface area contributed by atoms with Gasteiger partial charge in [0.15, 0.2) is 23.1 Å². The van der Waals surface area contributed by atoms with Gasteiger partial charge in [0.05, 0.1) is 29.7 Å². The maximum absolute atomic E-state index is 15.6. The van der Waals surface area contributed by atoms with Crippen LogP contribution in [-0.2, 0) is 45.1 Å². The Hall–Kier alpha value is -9.67. The largest absolute Gasteiger partial charge is 0.480 e. The van der Waals surface area contributed by atoms with Gasteiger partial charge < -0.3 is 33.9 Å². The number of carbonyl (C=O) groups excluding carboxylic acids is 5. The standard InChI is InChI=1S/C34H27ClF2N4O4.C18H16ClF2NO.C16H13N3O4.CH4.ClH/c1-20(42)27-18-40(29-16-23(10-11-25(27)29)45-34-38-12-5-13-39-34)19-32(44)41-17-22(36)15-30(41)31(43)14-21-6-4-8-26(33(21)37)24-7-2-3-9-28(24)35;19-15-7-2-1-5-13(15)14-6-3-4-11(18(14)21)8-17(23)16-9-12(20)10-22-16;1-10(20)13-8-19(9-15(21)22)14-7-11(3-4-12(13)14)23-16-17-5-2-6-18-16;;/h2-13,16,18,22,30H,14-15,17,19H2,1H3;1-7,12,16,22H,8-10H2;2-8H,9H2,1H3,(H,21,22);1H4;1H/t22-,30+;12-,16+;;;/m11.../s1. The van der Waals surface area contributed by atoms with Crippen LogP contribution in [0.25, 0.3) is 44.1 Å². The normalized spacial score (nSPS) is 15.6. The fourth-order valence-electron chi connectivity index (χ4n) is 10.9. The van der Waals surface area contributed by atoms with Crippen molar-refractivity contribution in [3.8, 4) is 45.8 Å². The zero-order valence-corrected chi connectivity index (χ0v) is 51.5. The van der Waals surface area contributed by atoms with E-state index in [1.807, 2.05) is 0 Å². The van der Waals surface area contributed by atoms with Crippen LogP contribution in [-0.4, -0.2) is 112 Å². The summed E-state index contributed by atoms with van der Waals surface area (Å²) in [5.74, 6) is -2.70. The minimum atomic E-state index is -1.41. The lowest BCUT2D eigenvalue weighted by atomic mass is 9.97. The number of hydrogen-bond donors (Lipinski definition) is 2. The number of amides is 1. The molecule has 4 aromatic heterocycles. The monoisotopic (exact) mass is 1330 g/mol. The molecule has 4 atom stereocenters. The molecule has 6 heterocycles. The first-order valence-electron chi connectivity index (χ1n) is 28.6. The summed E-state index contributed by atoms with van der Waals surface area (Å²) < 4.78 is 72.6. The van der Waals surface area contributed by atoms with Gasteiger partial charge in [-0.2, -0.15) is 0 Å². The molecule has 2 N–H and O–H groups in total. The third-order valence-electron chi connectivity index (χ3n) is 15.2. The zero-order valence-electron chi connectivity index (χ0n) is 49.2. The van der Waals surface area contributed by atoms with E-state index in [0.717, 1.165) is 0 Å². The second kappa shape index (κ2) is 31.1. The van der Waals surface area contributed by atoms with Gasteiger partial charge in [-0.25, -0.2) is 37.5 Å². The van der Waals surface area contributed by atoms with Crippen LogP contribution in [0.1, 0.15) is 66.0 Å². The molecule has 0 bridgehead atoms. The number of ether oxygens (including phenoxy) is 2. The van der Waals surface area contributed by atoms with Crippen molar-refractivity contribution < 1.29 is 60.9 Å². The molecule has 12 rings (SSSR count). The average Bonchev–Trinajstić information content (AvgIpc) is 1.71. The summed E-state index contributed by atoms with van der Waals surface area (Å²) in [5.41, 5.74) is 4.12. The van der Waals surface area contributed by atoms with Gasteiger partial charge in [0, 0.05) is 136 Å². The highest BCUT2D eigenvalue weighted by Gasteiger charge is 2.40. The molecular formula is C69H61Cl3F4N8O9. The number of carboxylic acids is 1.